The summed E-state index contributed by atoms with van der Waals surface area (Å²) in [5.41, 5.74) is 4.86. The molecule has 3 aromatic rings. The van der Waals surface area contributed by atoms with Crippen molar-refractivity contribution >= 4 is 33.4 Å². The van der Waals surface area contributed by atoms with Crippen LogP contribution in [0.5, 0.6) is 0 Å². The minimum Gasteiger partial charge on any atom is -0.354 e. The number of hydrogen-bond donors (Lipinski definition) is 2. The van der Waals surface area contributed by atoms with E-state index in [0.29, 0.717) is 18.9 Å². The van der Waals surface area contributed by atoms with Crippen molar-refractivity contribution in [2.24, 2.45) is 0 Å². The van der Waals surface area contributed by atoms with Gasteiger partial charge in [0.25, 0.3) is 0 Å². The van der Waals surface area contributed by atoms with Crippen LogP contribution in [0.2, 0.25) is 0 Å². The number of fused-ring (bicyclic) bond motifs is 3. The summed E-state index contributed by atoms with van der Waals surface area (Å²) < 4.78 is 0. The number of aryl methyl sites for hydroxylation is 3. The molecule has 3 heterocycles. The fourth-order valence-electron chi connectivity index (χ4n) is 4.02. The van der Waals surface area contributed by atoms with Gasteiger partial charge in [0.15, 0.2) is 0 Å². The van der Waals surface area contributed by atoms with Gasteiger partial charge in [0, 0.05) is 34.8 Å². The van der Waals surface area contributed by atoms with Crippen molar-refractivity contribution in [1.29, 1.82) is 0 Å². The van der Waals surface area contributed by atoms with Crippen LogP contribution in [-0.2, 0) is 17.6 Å². The lowest BCUT2D eigenvalue weighted by atomic mass is 10.0. The Morgan fingerprint density at radius 3 is 2.78 bits per heavy atom. The minimum absolute atomic E-state index is 0.124. The first-order chi connectivity index (χ1) is 13.2. The molecule has 1 unspecified atom stereocenters. The molecule has 0 saturated carbocycles. The van der Waals surface area contributed by atoms with E-state index in [1.54, 1.807) is 0 Å². The van der Waals surface area contributed by atoms with E-state index in [1.807, 2.05) is 11.3 Å². The Hall–Kier alpha value is -2.47. The fraction of sp³-hybridized carbons (Fsp3) is 0.381. The van der Waals surface area contributed by atoms with Gasteiger partial charge in [0.05, 0.1) is 5.69 Å². The highest BCUT2D eigenvalue weighted by Gasteiger charge is 2.24. The molecule has 1 saturated heterocycles. The summed E-state index contributed by atoms with van der Waals surface area (Å²) in [7, 11) is 0. The third-order valence-electron chi connectivity index (χ3n) is 5.49. The minimum atomic E-state index is 0.124. The van der Waals surface area contributed by atoms with Crippen LogP contribution in [0.15, 0.2) is 24.3 Å². The molecule has 1 amide bonds. The van der Waals surface area contributed by atoms with Crippen molar-refractivity contribution in [2.45, 2.75) is 45.1 Å². The largest absolute Gasteiger partial charge is 0.354 e. The van der Waals surface area contributed by atoms with Crippen LogP contribution in [0.1, 0.15) is 35.3 Å². The van der Waals surface area contributed by atoms with Gasteiger partial charge in [-0.15, -0.1) is 11.3 Å². The maximum atomic E-state index is 11.4. The monoisotopic (exact) mass is 378 g/mol. The molecule has 2 aliphatic rings. The number of piperidine rings is 1. The van der Waals surface area contributed by atoms with E-state index in [1.165, 1.54) is 27.8 Å². The van der Waals surface area contributed by atoms with Crippen molar-refractivity contribution in [1.82, 2.24) is 15.3 Å². The standard InChI is InChI=1S/C21H22N4OS/c1-12-5-7-13(8-6-12)19-18-15-3-2-4-16(15)27-20(18)25-21(24-19)23-14-9-10-17(26)22-11-14/h5-8,14H,2-4,9-11H2,1H3,(H,22,26)(H,23,24,25). The van der Waals surface area contributed by atoms with E-state index in [0.717, 1.165) is 35.4 Å². The van der Waals surface area contributed by atoms with Crippen molar-refractivity contribution < 1.29 is 4.79 Å². The van der Waals surface area contributed by atoms with Gasteiger partial charge in [-0.05, 0) is 38.2 Å². The summed E-state index contributed by atoms with van der Waals surface area (Å²) in [6.07, 6.45) is 4.87. The number of rotatable bonds is 3. The average molecular weight is 379 g/mol. The van der Waals surface area contributed by atoms with Crippen molar-refractivity contribution in [3.8, 4) is 11.3 Å². The molecule has 138 valence electrons. The number of carbonyl (C=O) groups is 1. The molecule has 0 spiro atoms. The predicted octanol–water partition coefficient (Wildman–Crippen LogP) is 3.85. The molecule has 1 fully saturated rings. The zero-order chi connectivity index (χ0) is 18.4. The Kier molecular flexibility index (Phi) is 4.08. The van der Waals surface area contributed by atoms with Crippen LogP contribution >= 0.6 is 11.3 Å². The van der Waals surface area contributed by atoms with Gasteiger partial charge in [-0.2, -0.15) is 0 Å². The van der Waals surface area contributed by atoms with Crippen molar-refractivity contribution in [2.75, 3.05) is 11.9 Å². The Balaban J connectivity index is 1.59. The van der Waals surface area contributed by atoms with E-state index >= 15 is 0 Å². The van der Waals surface area contributed by atoms with Gasteiger partial charge in [0.1, 0.15) is 4.83 Å². The fourth-order valence-corrected chi connectivity index (χ4v) is 5.28. The van der Waals surface area contributed by atoms with Gasteiger partial charge < -0.3 is 10.6 Å². The molecular formula is C21H22N4OS. The zero-order valence-corrected chi connectivity index (χ0v) is 16.2. The normalized spacial score (nSPS) is 19.1. The van der Waals surface area contributed by atoms with Crippen LogP contribution in [0.3, 0.4) is 0 Å². The third-order valence-corrected chi connectivity index (χ3v) is 6.67. The van der Waals surface area contributed by atoms with Crippen molar-refractivity contribution in [3.05, 3.63) is 40.3 Å². The molecule has 1 aromatic carbocycles. The number of carbonyl (C=O) groups excluding carboxylic acids is 1. The molecule has 5 rings (SSSR count). The van der Waals surface area contributed by atoms with Gasteiger partial charge >= 0.3 is 0 Å². The Morgan fingerprint density at radius 2 is 2.00 bits per heavy atom. The van der Waals surface area contributed by atoms with Gasteiger partial charge in [-0.1, -0.05) is 29.8 Å². The second-order valence-electron chi connectivity index (χ2n) is 7.48. The van der Waals surface area contributed by atoms with Gasteiger partial charge in [0.2, 0.25) is 11.9 Å². The summed E-state index contributed by atoms with van der Waals surface area (Å²) >= 11 is 1.81. The number of nitrogens with zero attached hydrogens (tertiary/aromatic N) is 2. The maximum Gasteiger partial charge on any atom is 0.224 e. The Labute approximate surface area is 162 Å². The SMILES string of the molecule is Cc1ccc(-c2nc(NC3CCC(=O)NC3)nc3sc4c(c23)CCC4)cc1. The molecule has 27 heavy (non-hydrogen) atoms. The lowest BCUT2D eigenvalue weighted by Crippen LogP contribution is -2.42. The zero-order valence-electron chi connectivity index (χ0n) is 15.3. The molecule has 1 atom stereocenters. The van der Waals surface area contributed by atoms with E-state index in [-0.39, 0.29) is 11.9 Å². The lowest BCUT2D eigenvalue weighted by Gasteiger charge is -2.23. The number of amides is 1. The first-order valence-corrected chi connectivity index (χ1v) is 10.4. The van der Waals surface area contributed by atoms with Crippen LogP contribution in [0.4, 0.5) is 5.95 Å². The summed E-state index contributed by atoms with van der Waals surface area (Å²) in [5.74, 6) is 0.790. The third kappa shape index (κ3) is 3.08. The topological polar surface area (TPSA) is 66.9 Å². The van der Waals surface area contributed by atoms with Gasteiger partial charge in [-0.3, -0.25) is 4.79 Å². The first-order valence-electron chi connectivity index (χ1n) is 9.60. The summed E-state index contributed by atoms with van der Waals surface area (Å²) in [5, 5.41) is 7.60. The summed E-state index contributed by atoms with van der Waals surface area (Å²) in [6, 6.07) is 8.76. The van der Waals surface area contributed by atoms with Crippen LogP contribution in [0.25, 0.3) is 21.5 Å². The lowest BCUT2D eigenvalue weighted by molar-refractivity contribution is -0.122. The molecule has 0 radical (unpaired) electrons. The molecule has 5 nitrogen and oxygen atoms in total. The number of thiophene rings is 1. The van der Waals surface area contributed by atoms with Crippen LogP contribution < -0.4 is 10.6 Å². The quantitative estimate of drug-likeness (QED) is 0.727. The highest BCUT2D eigenvalue weighted by atomic mass is 32.1. The van der Waals surface area contributed by atoms with E-state index < -0.39 is 0 Å². The molecular weight excluding hydrogens is 356 g/mol. The second kappa shape index (κ2) is 6.60. The molecule has 2 aromatic heterocycles. The molecule has 1 aliphatic heterocycles. The van der Waals surface area contributed by atoms with E-state index in [4.69, 9.17) is 9.97 Å². The van der Waals surface area contributed by atoms with Crippen LogP contribution in [0, 0.1) is 6.92 Å². The van der Waals surface area contributed by atoms with E-state index in [2.05, 4.69) is 41.8 Å². The highest BCUT2D eigenvalue weighted by molar-refractivity contribution is 7.19. The Bertz CT molecular complexity index is 1010. The molecule has 2 N–H and O–H groups in total. The molecule has 1 aliphatic carbocycles. The van der Waals surface area contributed by atoms with Crippen molar-refractivity contribution in [3.63, 3.8) is 0 Å². The maximum absolute atomic E-state index is 11.4. The second-order valence-corrected chi connectivity index (χ2v) is 8.57. The number of anilines is 1. The first kappa shape index (κ1) is 16.7. The smallest absolute Gasteiger partial charge is 0.224 e. The van der Waals surface area contributed by atoms with Crippen LogP contribution in [-0.4, -0.2) is 28.5 Å². The highest BCUT2D eigenvalue weighted by Crippen LogP contribution is 2.41. The number of benzene rings is 1. The molecule has 6 heteroatoms. The number of hydrogen-bond acceptors (Lipinski definition) is 5. The van der Waals surface area contributed by atoms with Gasteiger partial charge in [-0.25, -0.2) is 9.97 Å². The van der Waals surface area contributed by atoms with E-state index in [9.17, 15) is 4.79 Å². The predicted molar refractivity (Wildman–Crippen MR) is 109 cm³/mol. The summed E-state index contributed by atoms with van der Waals surface area (Å²) in [6.45, 7) is 2.73. The number of nitrogens with one attached hydrogen (secondary N) is 2. The average Bonchev–Trinajstić information content (AvgIpc) is 3.24. The Morgan fingerprint density at radius 1 is 1.15 bits per heavy atom. The molecule has 0 bridgehead atoms. The number of aromatic nitrogens is 2. The summed E-state index contributed by atoms with van der Waals surface area (Å²) in [4.78, 5) is 23.7.